The van der Waals surface area contributed by atoms with Crippen LogP contribution in [0.2, 0.25) is 0 Å². The molecule has 0 fully saturated rings. The van der Waals surface area contributed by atoms with E-state index in [-0.39, 0.29) is 11.7 Å². The van der Waals surface area contributed by atoms with Crippen molar-refractivity contribution in [2.75, 3.05) is 5.32 Å². The van der Waals surface area contributed by atoms with Crippen LogP contribution in [-0.2, 0) is 13.5 Å². The van der Waals surface area contributed by atoms with Gasteiger partial charge in [0.25, 0.3) is 5.91 Å². The van der Waals surface area contributed by atoms with Crippen LogP contribution in [0.3, 0.4) is 0 Å². The van der Waals surface area contributed by atoms with Crippen LogP contribution in [0.15, 0.2) is 48.5 Å². The summed E-state index contributed by atoms with van der Waals surface area (Å²) in [6.45, 7) is 1.81. The van der Waals surface area contributed by atoms with Gasteiger partial charge in [0.05, 0.1) is 10.7 Å². The predicted octanol–water partition coefficient (Wildman–Crippen LogP) is 3.62. The molecule has 0 saturated heterocycles. The van der Waals surface area contributed by atoms with E-state index in [9.17, 15) is 9.18 Å². The summed E-state index contributed by atoms with van der Waals surface area (Å²) in [6, 6.07) is 13.6. The van der Waals surface area contributed by atoms with Gasteiger partial charge in [-0.25, -0.2) is 14.1 Å². The fraction of sp³-hybridized carbons (Fsp3) is 0.150. The standard InChI is InChI=1S/C20H17FN6OS/c1-12-18(29-17(22-12)10-13-6-8-15(21)9-7-13)20(28)23-16-5-3-4-14(11-16)19-24-25-26-27(19)2/h3-9,11H,10H2,1-2H3,(H,23,28). The molecule has 2 aromatic carbocycles. The van der Waals surface area contributed by atoms with Crippen molar-refractivity contribution in [2.45, 2.75) is 13.3 Å². The van der Waals surface area contributed by atoms with E-state index >= 15 is 0 Å². The highest BCUT2D eigenvalue weighted by Crippen LogP contribution is 2.24. The van der Waals surface area contributed by atoms with Gasteiger partial charge in [-0.3, -0.25) is 4.79 Å². The molecule has 1 amide bonds. The summed E-state index contributed by atoms with van der Waals surface area (Å²) in [5.41, 5.74) is 3.05. The van der Waals surface area contributed by atoms with E-state index in [4.69, 9.17) is 0 Å². The molecule has 0 aliphatic carbocycles. The lowest BCUT2D eigenvalue weighted by molar-refractivity contribution is 0.103. The van der Waals surface area contributed by atoms with Crippen molar-refractivity contribution >= 4 is 22.9 Å². The minimum absolute atomic E-state index is 0.224. The fourth-order valence-electron chi connectivity index (χ4n) is 2.91. The molecule has 0 bridgehead atoms. The average Bonchev–Trinajstić information content (AvgIpc) is 3.29. The van der Waals surface area contributed by atoms with E-state index in [1.54, 1.807) is 36.9 Å². The van der Waals surface area contributed by atoms with Crippen molar-refractivity contribution in [3.05, 3.63) is 75.5 Å². The number of rotatable bonds is 5. The van der Waals surface area contributed by atoms with Crippen molar-refractivity contribution in [1.29, 1.82) is 0 Å². The van der Waals surface area contributed by atoms with Gasteiger partial charge in [0.1, 0.15) is 10.7 Å². The number of halogens is 1. The number of thiazole rings is 1. The number of anilines is 1. The van der Waals surface area contributed by atoms with Gasteiger partial charge < -0.3 is 5.32 Å². The van der Waals surface area contributed by atoms with E-state index in [0.717, 1.165) is 16.1 Å². The van der Waals surface area contributed by atoms with Crippen LogP contribution in [-0.4, -0.2) is 31.1 Å². The van der Waals surface area contributed by atoms with Crippen LogP contribution in [0.1, 0.15) is 25.9 Å². The van der Waals surface area contributed by atoms with E-state index in [0.29, 0.717) is 28.5 Å². The Hall–Kier alpha value is -3.46. The maximum absolute atomic E-state index is 13.1. The summed E-state index contributed by atoms with van der Waals surface area (Å²) in [6.07, 6.45) is 0.549. The second kappa shape index (κ2) is 7.88. The number of nitrogens with one attached hydrogen (secondary N) is 1. The monoisotopic (exact) mass is 408 g/mol. The van der Waals surface area contributed by atoms with Gasteiger partial charge in [0.15, 0.2) is 5.82 Å². The largest absolute Gasteiger partial charge is 0.321 e. The summed E-state index contributed by atoms with van der Waals surface area (Å²) in [5, 5.41) is 15.2. The molecule has 0 saturated carbocycles. The van der Waals surface area contributed by atoms with Crippen LogP contribution in [0.25, 0.3) is 11.4 Å². The van der Waals surface area contributed by atoms with Crippen LogP contribution in [0.5, 0.6) is 0 Å². The highest BCUT2D eigenvalue weighted by atomic mass is 32.1. The van der Waals surface area contributed by atoms with Crippen molar-refractivity contribution in [2.24, 2.45) is 7.05 Å². The van der Waals surface area contributed by atoms with E-state index in [1.165, 1.54) is 23.5 Å². The Morgan fingerprint density at radius 1 is 1.21 bits per heavy atom. The Morgan fingerprint density at radius 3 is 2.72 bits per heavy atom. The molecule has 0 radical (unpaired) electrons. The molecule has 2 heterocycles. The third-order valence-electron chi connectivity index (χ3n) is 4.31. The summed E-state index contributed by atoms with van der Waals surface area (Å²) < 4.78 is 14.6. The van der Waals surface area contributed by atoms with Crippen molar-refractivity contribution in [1.82, 2.24) is 25.2 Å². The molecule has 4 rings (SSSR count). The maximum atomic E-state index is 13.1. The lowest BCUT2D eigenvalue weighted by Gasteiger charge is -2.06. The highest BCUT2D eigenvalue weighted by molar-refractivity contribution is 7.14. The molecule has 0 aliphatic rings. The van der Waals surface area contributed by atoms with Gasteiger partial charge in [0, 0.05) is 24.7 Å². The van der Waals surface area contributed by atoms with Crippen molar-refractivity contribution < 1.29 is 9.18 Å². The van der Waals surface area contributed by atoms with E-state index in [1.807, 2.05) is 18.2 Å². The Labute approximate surface area is 170 Å². The average molecular weight is 408 g/mol. The van der Waals surface area contributed by atoms with E-state index < -0.39 is 0 Å². The first-order valence-corrected chi connectivity index (χ1v) is 9.66. The number of aryl methyl sites for hydroxylation is 2. The Bertz CT molecular complexity index is 1170. The Balaban J connectivity index is 1.51. The number of tetrazole rings is 1. The maximum Gasteiger partial charge on any atom is 0.267 e. The molecule has 2 aromatic heterocycles. The molecule has 0 spiro atoms. The highest BCUT2D eigenvalue weighted by Gasteiger charge is 2.16. The molecule has 1 N–H and O–H groups in total. The minimum atomic E-state index is -0.275. The van der Waals surface area contributed by atoms with Gasteiger partial charge in [-0.05, 0) is 47.2 Å². The first kappa shape index (κ1) is 18.9. The molecule has 0 unspecified atom stereocenters. The molecule has 7 nitrogen and oxygen atoms in total. The number of nitrogens with zero attached hydrogens (tertiary/aromatic N) is 5. The van der Waals surface area contributed by atoms with Gasteiger partial charge >= 0.3 is 0 Å². The topological polar surface area (TPSA) is 85.6 Å². The molecular weight excluding hydrogens is 391 g/mol. The molecule has 9 heteroatoms. The number of carbonyl (C=O) groups is 1. The summed E-state index contributed by atoms with van der Waals surface area (Å²) in [5.74, 6) is 0.110. The van der Waals surface area contributed by atoms with Crippen molar-refractivity contribution in [3.63, 3.8) is 0 Å². The SMILES string of the molecule is Cc1nc(Cc2ccc(F)cc2)sc1C(=O)Nc1cccc(-c2nnnn2C)c1. The van der Waals surface area contributed by atoms with Gasteiger partial charge in [-0.1, -0.05) is 24.3 Å². The van der Waals surface area contributed by atoms with Gasteiger partial charge in [-0.2, -0.15) is 0 Å². The van der Waals surface area contributed by atoms with Crippen LogP contribution in [0.4, 0.5) is 10.1 Å². The molecule has 146 valence electrons. The normalized spacial score (nSPS) is 10.9. The number of benzene rings is 2. The first-order valence-electron chi connectivity index (χ1n) is 8.84. The zero-order valence-electron chi connectivity index (χ0n) is 15.8. The third-order valence-corrected chi connectivity index (χ3v) is 5.47. The third kappa shape index (κ3) is 4.19. The zero-order chi connectivity index (χ0) is 20.4. The summed E-state index contributed by atoms with van der Waals surface area (Å²) in [7, 11) is 1.75. The molecular formula is C20H17FN6OS. The molecule has 0 atom stereocenters. The Morgan fingerprint density at radius 2 is 2.00 bits per heavy atom. The van der Waals surface area contributed by atoms with Crippen LogP contribution in [0, 0.1) is 12.7 Å². The lowest BCUT2D eigenvalue weighted by atomic mass is 10.1. The number of aromatic nitrogens is 5. The van der Waals surface area contributed by atoms with Gasteiger partial charge in [0.2, 0.25) is 0 Å². The smallest absolute Gasteiger partial charge is 0.267 e. The van der Waals surface area contributed by atoms with Gasteiger partial charge in [-0.15, -0.1) is 16.4 Å². The predicted molar refractivity (Wildman–Crippen MR) is 108 cm³/mol. The first-order chi connectivity index (χ1) is 14.0. The second-order valence-corrected chi connectivity index (χ2v) is 7.57. The lowest BCUT2D eigenvalue weighted by Crippen LogP contribution is -2.11. The van der Waals surface area contributed by atoms with Crippen LogP contribution < -0.4 is 5.32 Å². The zero-order valence-corrected chi connectivity index (χ0v) is 16.6. The Kier molecular flexibility index (Phi) is 5.13. The summed E-state index contributed by atoms with van der Waals surface area (Å²) >= 11 is 1.34. The number of amides is 1. The summed E-state index contributed by atoms with van der Waals surface area (Å²) in [4.78, 5) is 17.8. The number of carbonyl (C=O) groups excluding carboxylic acids is 1. The number of hydrogen-bond acceptors (Lipinski definition) is 6. The quantitative estimate of drug-likeness (QED) is 0.545. The molecule has 29 heavy (non-hydrogen) atoms. The molecule has 0 aliphatic heterocycles. The van der Waals surface area contributed by atoms with Crippen molar-refractivity contribution in [3.8, 4) is 11.4 Å². The second-order valence-electron chi connectivity index (χ2n) is 6.49. The fourth-order valence-corrected chi connectivity index (χ4v) is 3.91. The minimum Gasteiger partial charge on any atom is -0.321 e. The molecule has 4 aromatic rings. The van der Waals surface area contributed by atoms with Crippen LogP contribution >= 0.6 is 11.3 Å². The van der Waals surface area contributed by atoms with E-state index in [2.05, 4.69) is 25.8 Å². The number of hydrogen-bond donors (Lipinski definition) is 1.